The number of benzene rings is 1. The Kier molecular flexibility index (Phi) is 4.01. The molecule has 0 aliphatic heterocycles. The molecule has 0 amide bonds. The molecule has 6 heteroatoms. The van der Waals surface area contributed by atoms with Gasteiger partial charge in [0.1, 0.15) is 5.82 Å². The lowest BCUT2D eigenvalue weighted by Crippen LogP contribution is -2.38. The van der Waals surface area contributed by atoms with Crippen molar-refractivity contribution in [2.24, 2.45) is 12.9 Å². The number of aromatic nitrogens is 3. The summed E-state index contributed by atoms with van der Waals surface area (Å²) in [7, 11) is 1.82. The molecular formula is C12H16FN5. The normalized spacial score (nSPS) is 12.6. The van der Waals surface area contributed by atoms with Gasteiger partial charge in [0.2, 0.25) is 0 Å². The molecule has 3 N–H and O–H groups in total. The standard InChI is InChI=1S/C12H16FN5/c1-18-8-12(16-17-18)7-11(15-14)6-9-2-4-10(13)5-3-9/h2-5,8,11,15H,6-7,14H2,1H3. The molecular weight excluding hydrogens is 233 g/mol. The first kappa shape index (κ1) is 12.7. The van der Waals surface area contributed by atoms with Gasteiger partial charge in [-0.2, -0.15) is 0 Å². The Bertz CT molecular complexity index is 493. The van der Waals surface area contributed by atoms with Crippen LogP contribution in [-0.2, 0) is 19.9 Å². The predicted octanol–water partition coefficient (Wildman–Crippen LogP) is 0.571. The number of hydrogen-bond acceptors (Lipinski definition) is 4. The molecule has 0 aliphatic rings. The molecule has 18 heavy (non-hydrogen) atoms. The van der Waals surface area contributed by atoms with Gasteiger partial charge in [-0.1, -0.05) is 17.3 Å². The Morgan fingerprint density at radius 2 is 2.06 bits per heavy atom. The van der Waals surface area contributed by atoms with Crippen LogP contribution in [0.4, 0.5) is 4.39 Å². The SMILES string of the molecule is Cn1cc(CC(Cc2ccc(F)cc2)NN)nn1. The highest BCUT2D eigenvalue weighted by atomic mass is 19.1. The van der Waals surface area contributed by atoms with E-state index < -0.39 is 0 Å². The Hall–Kier alpha value is -1.79. The maximum absolute atomic E-state index is 12.8. The molecule has 1 aromatic carbocycles. The summed E-state index contributed by atoms with van der Waals surface area (Å²) >= 11 is 0. The second-order valence-corrected chi connectivity index (χ2v) is 4.28. The molecule has 2 rings (SSSR count). The van der Waals surface area contributed by atoms with Crippen LogP contribution in [0.1, 0.15) is 11.3 Å². The minimum absolute atomic E-state index is 0.0483. The maximum atomic E-state index is 12.8. The fourth-order valence-electron chi connectivity index (χ4n) is 1.84. The Morgan fingerprint density at radius 1 is 1.33 bits per heavy atom. The fourth-order valence-corrected chi connectivity index (χ4v) is 1.84. The van der Waals surface area contributed by atoms with Crippen LogP contribution in [0.15, 0.2) is 30.5 Å². The first-order valence-electron chi connectivity index (χ1n) is 5.73. The average molecular weight is 249 g/mol. The minimum Gasteiger partial charge on any atom is -0.271 e. The summed E-state index contributed by atoms with van der Waals surface area (Å²) in [6, 6.07) is 6.47. The van der Waals surface area contributed by atoms with Crippen LogP contribution in [0, 0.1) is 5.82 Å². The Labute approximate surface area is 105 Å². The van der Waals surface area contributed by atoms with E-state index in [9.17, 15) is 4.39 Å². The molecule has 0 fully saturated rings. The first-order valence-corrected chi connectivity index (χ1v) is 5.73. The quantitative estimate of drug-likeness (QED) is 0.600. The van der Waals surface area contributed by atoms with E-state index in [1.807, 2.05) is 13.2 Å². The van der Waals surface area contributed by atoms with E-state index in [0.717, 1.165) is 11.3 Å². The first-order chi connectivity index (χ1) is 8.67. The minimum atomic E-state index is -0.232. The number of hydrogen-bond donors (Lipinski definition) is 2. The Morgan fingerprint density at radius 3 is 2.61 bits per heavy atom. The molecule has 0 saturated heterocycles. The Balaban J connectivity index is 1.99. The van der Waals surface area contributed by atoms with Gasteiger partial charge in [-0.05, 0) is 24.1 Å². The summed E-state index contributed by atoms with van der Waals surface area (Å²) in [5.74, 6) is 5.29. The molecule has 1 heterocycles. The highest BCUT2D eigenvalue weighted by Crippen LogP contribution is 2.08. The van der Waals surface area contributed by atoms with Crippen molar-refractivity contribution in [1.29, 1.82) is 0 Å². The van der Waals surface area contributed by atoms with Gasteiger partial charge in [0.05, 0.1) is 5.69 Å². The van der Waals surface area contributed by atoms with Gasteiger partial charge in [0.15, 0.2) is 0 Å². The fraction of sp³-hybridized carbons (Fsp3) is 0.333. The van der Waals surface area contributed by atoms with Crippen molar-refractivity contribution in [3.05, 3.63) is 47.5 Å². The number of halogens is 1. The highest BCUT2D eigenvalue weighted by molar-refractivity contribution is 5.17. The largest absolute Gasteiger partial charge is 0.271 e. The van der Waals surface area contributed by atoms with Crippen LogP contribution >= 0.6 is 0 Å². The van der Waals surface area contributed by atoms with E-state index in [2.05, 4.69) is 15.7 Å². The monoisotopic (exact) mass is 249 g/mol. The highest BCUT2D eigenvalue weighted by Gasteiger charge is 2.11. The van der Waals surface area contributed by atoms with E-state index in [1.54, 1.807) is 16.8 Å². The number of nitrogens with zero attached hydrogens (tertiary/aromatic N) is 3. The van der Waals surface area contributed by atoms with Gasteiger partial charge in [0, 0.05) is 25.7 Å². The molecule has 0 saturated carbocycles. The molecule has 0 spiro atoms. The van der Waals surface area contributed by atoms with Gasteiger partial charge >= 0.3 is 0 Å². The summed E-state index contributed by atoms with van der Waals surface area (Å²) in [6.07, 6.45) is 3.25. The zero-order valence-electron chi connectivity index (χ0n) is 10.2. The molecule has 1 atom stereocenters. The third-order valence-electron chi connectivity index (χ3n) is 2.74. The lowest BCUT2D eigenvalue weighted by atomic mass is 10.0. The van der Waals surface area contributed by atoms with Gasteiger partial charge in [-0.3, -0.25) is 16.0 Å². The number of nitrogens with two attached hydrogens (primary N) is 1. The smallest absolute Gasteiger partial charge is 0.123 e. The van der Waals surface area contributed by atoms with Crippen molar-refractivity contribution in [2.75, 3.05) is 0 Å². The van der Waals surface area contributed by atoms with E-state index in [-0.39, 0.29) is 11.9 Å². The summed E-state index contributed by atoms with van der Waals surface area (Å²) in [4.78, 5) is 0. The van der Waals surface area contributed by atoms with Crippen LogP contribution in [0.3, 0.4) is 0 Å². The van der Waals surface area contributed by atoms with E-state index in [4.69, 9.17) is 5.84 Å². The number of aryl methyl sites for hydroxylation is 1. The van der Waals surface area contributed by atoms with Crippen molar-refractivity contribution in [3.63, 3.8) is 0 Å². The summed E-state index contributed by atoms with van der Waals surface area (Å²) in [5, 5.41) is 7.89. The second-order valence-electron chi connectivity index (χ2n) is 4.28. The number of nitrogens with one attached hydrogen (secondary N) is 1. The van der Waals surface area contributed by atoms with Crippen molar-refractivity contribution >= 4 is 0 Å². The third kappa shape index (κ3) is 3.35. The van der Waals surface area contributed by atoms with E-state index in [0.29, 0.717) is 12.8 Å². The van der Waals surface area contributed by atoms with Crippen LogP contribution in [0.25, 0.3) is 0 Å². The summed E-state index contributed by atoms with van der Waals surface area (Å²) < 4.78 is 14.4. The third-order valence-corrected chi connectivity index (χ3v) is 2.74. The second kappa shape index (κ2) is 5.70. The summed E-state index contributed by atoms with van der Waals surface area (Å²) in [6.45, 7) is 0. The van der Waals surface area contributed by atoms with Crippen molar-refractivity contribution in [2.45, 2.75) is 18.9 Å². The van der Waals surface area contributed by atoms with Crippen molar-refractivity contribution in [1.82, 2.24) is 20.4 Å². The summed E-state index contributed by atoms with van der Waals surface area (Å²) in [5.41, 5.74) is 4.66. The van der Waals surface area contributed by atoms with E-state index >= 15 is 0 Å². The lowest BCUT2D eigenvalue weighted by molar-refractivity contribution is 0.516. The molecule has 1 aromatic heterocycles. The average Bonchev–Trinajstić information content (AvgIpc) is 2.77. The van der Waals surface area contributed by atoms with E-state index in [1.165, 1.54) is 12.1 Å². The van der Waals surface area contributed by atoms with Gasteiger partial charge in [0.25, 0.3) is 0 Å². The molecule has 1 unspecified atom stereocenters. The van der Waals surface area contributed by atoms with Gasteiger partial charge in [-0.15, -0.1) is 5.10 Å². The van der Waals surface area contributed by atoms with Crippen molar-refractivity contribution in [3.8, 4) is 0 Å². The van der Waals surface area contributed by atoms with Crippen LogP contribution in [-0.4, -0.2) is 21.0 Å². The van der Waals surface area contributed by atoms with Crippen LogP contribution in [0.5, 0.6) is 0 Å². The van der Waals surface area contributed by atoms with Gasteiger partial charge in [-0.25, -0.2) is 4.39 Å². The molecule has 2 aromatic rings. The predicted molar refractivity (Wildman–Crippen MR) is 65.9 cm³/mol. The molecule has 0 radical (unpaired) electrons. The zero-order chi connectivity index (χ0) is 13.0. The van der Waals surface area contributed by atoms with Gasteiger partial charge < -0.3 is 0 Å². The number of hydrazine groups is 1. The lowest BCUT2D eigenvalue weighted by Gasteiger charge is -2.14. The number of rotatable bonds is 5. The van der Waals surface area contributed by atoms with Crippen LogP contribution in [0.2, 0.25) is 0 Å². The van der Waals surface area contributed by atoms with Crippen LogP contribution < -0.4 is 11.3 Å². The molecule has 96 valence electrons. The van der Waals surface area contributed by atoms with Crippen molar-refractivity contribution < 1.29 is 4.39 Å². The molecule has 5 nitrogen and oxygen atoms in total. The zero-order valence-corrected chi connectivity index (χ0v) is 10.2. The molecule has 0 bridgehead atoms. The maximum Gasteiger partial charge on any atom is 0.123 e. The molecule has 0 aliphatic carbocycles. The topological polar surface area (TPSA) is 68.8 Å².